The van der Waals surface area contributed by atoms with Gasteiger partial charge in [-0.05, 0) is 32.0 Å². The van der Waals surface area contributed by atoms with Gasteiger partial charge in [-0.2, -0.15) is 5.10 Å². The van der Waals surface area contributed by atoms with Crippen molar-refractivity contribution in [2.75, 3.05) is 10.6 Å². The Bertz CT molecular complexity index is 606. The lowest BCUT2D eigenvalue weighted by molar-refractivity contribution is -0.115. The van der Waals surface area contributed by atoms with Gasteiger partial charge in [-0.15, -0.1) is 0 Å². The van der Waals surface area contributed by atoms with Gasteiger partial charge < -0.3 is 10.6 Å². The molecule has 1 aromatic heterocycles. The number of nitrogens with zero attached hydrogens (tertiary/aromatic N) is 2. The topological polar surface area (TPSA) is 59.0 Å². The molecule has 2 rings (SSSR count). The average molecular weight is 286 g/mol. The summed E-state index contributed by atoms with van der Waals surface area (Å²) in [4.78, 5) is 11.4. The van der Waals surface area contributed by atoms with Gasteiger partial charge in [0, 0.05) is 36.1 Å². The van der Waals surface area contributed by atoms with Crippen LogP contribution in [0.4, 0.5) is 11.4 Å². The molecule has 1 amide bonds. The molecule has 0 saturated carbocycles. The molecule has 2 aromatic rings. The van der Waals surface area contributed by atoms with Gasteiger partial charge in [0.25, 0.3) is 0 Å². The second kappa shape index (κ2) is 6.92. The zero-order chi connectivity index (χ0) is 15.2. The summed E-state index contributed by atoms with van der Waals surface area (Å²) in [5.41, 5.74) is 2.92. The fourth-order valence-corrected chi connectivity index (χ4v) is 2.05. The zero-order valence-electron chi connectivity index (χ0n) is 12.8. The number of hydrogen-bond acceptors (Lipinski definition) is 3. The van der Waals surface area contributed by atoms with E-state index in [1.165, 1.54) is 0 Å². The lowest BCUT2D eigenvalue weighted by atomic mass is 10.1. The number of benzene rings is 1. The van der Waals surface area contributed by atoms with Crippen molar-refractivity contribution in [2.24, 2.45) is 0 Å². The molecule has 0 aliphatic heterocycles. The van der Waals surface area contributed by atoms with Crippen molar-refractivity contribution in [3.05, 3.63) is 42.2 Å². The van der Waals surface area contributed by atoms with E-state index in [-0.39, 0.29) is 11.9 Å². The maximum absolute atomic E-state index is 11.4. The van der Waals surface area contributed by atoms with Crippen molar-refractivity contribution >= 4 is 17.3 Å². The van der Waals surface area contributed by atoms with Crippen molar-refractivity contribution in [3.63, 3.8) is 0 Å². The SMILES string of the molecule is CCC(=O)Nc1cccc(NC(C)c2cnn(CC)c2)c1. The van der Waals surface area contributed by atoms with Gasteiger partial charge in [-0.1, -0.05) is 13.0 Å². The number of hydrogen-bond donors (Lipinski definition) is 2. The van der Waals surface area contributed by atoms with E-state index in [4.69, 9.17) is 0 Å². The molecule has 5 heteroatoms. The minimum absolute atomic E-state index is 0.0180. The van der Waals surface area contributed by atoms with Crippen LogP contribution in [0.5, 0.6) is 0 Å². The predicted octanol–water partition coefficient (Wildman–Crippen LogP) is 3.42. The first-order valence-electron chi connectivity index (χ1n) is 7.31. The van der Waals surface area contributed by atoms with E-state index in [0.717, 1.165) is 23.5 Å². The summed E-state index contributed by atoms with van der Waals surface area (Å²) in [5, 5.41) is 10.6. The largest absolute Gasteiger partial charge is 0.378 e. The molecule has 0 radical (unpaired) electrons. The van der Waals surface area contributed by atoms with E-state index in [1.54, 1.807) is 0 Å². The second-order valence-electron chi connectivity index (χ2n) is 4.98. The first-order valence-corrected chi connectivity index (χ1v) is 7.31. The summed E-state index contributed by atoms with van der Waals surface area (Å²) in [5.74, 6) is 0.0180. The second-order valence-corrected chi connectivity index (χ2v) is 4.98. The smallest absolute Gasteiger partial charge is 0.224 e. The van der Waals surface area contributed by atoms with Crippen molar-refractivity contribution in [1.82, 2.24) is 9.78 Å². The number of aryl methyl sites for hydroxylation is 1. The number of anilines is 2. The van der Waals surface area contributed by atoms with Crippen LogP contribution < -0.4 is 10.6 Å². The van der Waals surface area contributed by atoms with Crippen LogP contribution in [0.15, 0.2) is 36.7 Å². The van der Waals surface area contributed by atoms with Crippen LogP contribution in [-0.4, -0.2) is 15.7 Å². The Kier molecular flexibility index (Phi) is 4.98. The van der Waals surface area contributed by atoms with E-state index < -0.39 is 0 Å². The predicted molar refractivity (Wildman–Crippen MR) is 85.3 cm³/mol. The van der Waals surface area contributed by atoms with Gasteiger partial charge in [0.15, 0.2) is 0 Å². The third-order valence-electron chi connectivity index (χ3n) is 3.33. The molecule has 0 aliphatic carbocycles. The van der Waals surface area contributed by atoms with Gasteiger partial charge in [-0.3, -0.25) is 9.48 Å². The molecule has 0 fully saturated rings. The standard InChI is InChI=1S/C16H22N4O/c1-4-16(21)19-15-8-6-7-14(9-15)18-12(3)13-10-17-20(5-2)11-13/h6-12,18H,4-5H2,1-3H3,(H,19,21). The minimum Gasteiger partial charge on any atom is -0.378 e. The molecule has 0 saturated heterocycles. The van der Waals surface area contributed by atoms with E-state index in [2.05, 4.69) is 29.6 Å². The first-order chi connectivity index (χ1) is 10.1. The van der Waals surface area contributed by atoms with Gasteiger partial charge in [0.2, 0.25) is 5.91 Å². The maximum Gasteiger partial charge on any atom is 0.224 e. The summed E-state index contributed by atoms with van der Waals surface area (Å²) in [6, 6.07) is 7.90. The van der Waals surface area contributed by atoms with Crippen molar-refractivity contribution in [1.29, 1.82) is 0 Å². The Morgan fingerprint density at radius 1 is 1.33 bits per heavy atom. The van der Waals surface area contributed by atoms with Gasteiger partial charge in [0.1, 0.15) is 0 Å². The summed E-state index contributed by atoms with van der Waals surface area (Å²) in [7, 11) is 0. The Hall–Kier alpha value is -2.30. The number of rotatable bonds is 6. The molecule has 1 heterocycles. The van der Waals surface area contributed by atoms with E-state index in [1.807, 2.05) is 48.3 Å². The molecule has 2 N–H and O–H groups in total. The van der Waals surface area contributed by atoms with Crippen molar-refractivity contribution in [2.45, 2.75) is 39.8 Å². The van der Waals surface area contributed by atoms with Gasteiger partial charge in [0.05, 0.1) is 12.2 Å². The lowest BCUT2D eigenvalue weighted by Crippen LogP contribution is -2.10. The lowest BCUT2D eigenvalue weighted by Gasteiger charge is -2.14. The Labute approximate surface area is 125 Å². The van der Waals surface area contributed by atoms with Crippen LogP contribution in [0.2, 0.25) is 0 Å². The van der Waals surface area contributed by atoms with Crippen LogP contribution >= 0.6 is 0 Å². The van der Waals surface area contributed by atoms with Gasteiger partial charge in [-0.25, -0.2) is 0 Å². The fraction of sp³-hybridized carbons (Fsp3) is 0.375. The highest BCUT2D eigenvalue weighted by molar-refractivity contribution is 5.90. The van der Waals surface area contributed by atoms with Crippen LogP contribution in [0, 0.1) is 0 Å². The minimum atomic E-state index is 0.0180. The van der Waals surface area contributed by atoms with Crippen molar-refractivity contribution in [3.8, 4) is 0 Å². The fourth-order valence-electron chi connectivity index (χ4n) is 2.05. The Morgan fingerprint density at radius 3 is 2.76 bits per heavy atom. The third kappa shape index (κ3) is 4.08. The number of aromatic nitrogens is 2. The van der Waals surface area contributed by atoms with Crippen LogP contribution in [0.3, 0.4) is 0 Å². The third-order valence-corrected chi connectivity index (χ3v) is 3.33. The highest BCUT2D eigenvalue weighted by atomic mass is 16.1. The summed E-state index contributed by atoms with van der Waals surface area (Å²) >= 11 is 0. The molecule has 1 atom stereocenters. The quantitative estimate of drug-likeness (QED) is 0.855. The molecular weight excluding hydrogens is 264 g/mol. The number of nitrogens with one attached hydrogen (secondary N) is 2. The molecule has 112 valence electrons. The summed E-state index contributed by atoms with van der Waals surface area (Å²) in [6.45, 7) is 6.86. The Morgan fingerprint density at radius 2 is 2.10 bits per heavy atom. The van der Waals surface area contributed by atoms with Crippen molar-refractivity contribution < 1.29 is 4.79 Å². The number of carbonyl (C=O) groups is 1. The monoisotopic (exact) mass is 286 g/mol. The molecule has 0 bridgehead atoms. The van der Waals surface area contributed by atoms with Crippen LogP contribution in [0.25, 0.3) is 0 Å². The van der Waals surface area contributed by atoms with Gasteiger partial charge >= 0.3 is 0 Å². The highest BCUT2D eigenvalue weighted by Crippen LogP contribution is 2.21. The van der Waals surface area contributed by atoms with Crippen LogP contribution in [0.1, 0.15) is 38.8 Å². The molecule has 5 nitrogen and oxygen atoms in total. The van der Waals surface area contributed by atoms with E-state index in [0.29, 0.717) is 6.42 Å². The number of carbonyl (C=O) groups excluding carboxylic acids is 1. The zero-order valence-corrected chi connectivity index (χ0v) is 12.8. The number of amides is 1. The molecule has 1 unspecified atom stereocenters. The molecule has 1 aromatic carbocycles. The Balaban J connectivity index is 2.04. The summed E-state index contributed by atoms with van der Waals surface area (Å²) < 4.78 is 1.91. The van der Waals surface area contributed by atoms with Crippen LogP contribution in [-0.2, 0) is 11.3 Å². The average Bonchev–Trinajstić information content (AvgIpc) is 2.96. The molecular formula is C16H22N4O. The molecule has 21 heavy (non-hydrogen) atoms. The molecule has 0 spiro atoms. The molecule has 0 aliphatic rings. The maximum atomic E-state index is 11.4. The first kappa shape index (κ1) is 15.1. The highest BCUT2D eigenvalue weighted by Gasteiger charge is 2.08. The summed E-state index contributed by atoms with van der Waals surface area (Å²) in [6.07, 6.45) is 4.40. The van der Waals surface area contributed by atoms with E-state index >= 15 is 0 Å². The van der Waals surface area contributed by atoms with E-state index in [9.17, 15) is 4.79 Å². The normalized spacial score (nSPS) is 12.0.